The van der Waals surface area contributed by atoms with Gasteiger partial charge in [0.05, 0.1) is 5.70 Å². The maximum atomic E-state index is 12.6. The van der Waals surface area contributed by atoms with E-state index in [1.165, 1.54) is 12.1 Å². The highest BCUT2D eigenvalue weighted by Gasteiger charge is 1.98. The van der Waals surface area contributed by atoms with Crippen molar-refractivity contribution < 1.29 is 4.39 Å². The van der Waals surface area contributed by atoms with Crippen molar-refractivity contribution in [2.45, 2.75) is 6.92 Å². The van der Waals surface area contributed by atoms with Gasteiger partial charge in [0.25, 0.3) is 0 Å². The molecule has 0 fully saturated rings. The van der Waals surface area contributed by atoms with E-state index in [9.17, 15) is 4.39 Å². The van der Waals surface area contributed by atoms with Gasteiger partial charge in [-0.1, -0.05) is 0 Å². The predicted octanol–water partition coefficient (Wildman–Crippen LogP) is 2.43. The van der Waals surface area contributed by atoms with Gasteiger partial charge in [0.1, 0.15) is 5.82 Å². The van der Waals surface area contributed by atoms with Crippen LogP contribution in [0.3, 0.4) is 0 Å². The molecular formula is C11H13FN2. The summed E-state index contributed by atoms with van der Waals surface area (Å²) in [7, 11) is 1.80. The molecule has 0 amide bonds. The Balaban J connectivity index is 3.00. The fourth-order valence-electron chi connectivity index (χ4n) is 1.09. The second-order valence-electron chi connectivity index (χ2n) is 2.71. The third-order valence-corrected chi connectivity index (χ3v) is 1.69. The minimum Gasteiger partial charge on any atom is -0.392 e. The first-order chi connectivity index (χ1) is 6.77. The molecule has 0 atom stereocenters. The molecule has 0 aromatic heterocycles. The number of hydrogen-bond acceptors (Lipinski definition) is 2. The van der Waals surface area contributed by atoms with Gasteiger partial charge in [0, 0.05) is 25.0 Å². The maximum Gasteiger partial charge on any atom is 0.123 e. The first-order valence-corrected chi connectivity index (χ1v) is 4.40. The Bertz CT molecular complexity index is 339. The second kappa shape index (κ2) is 5.17. The Kier molecular flexibility index (Phi) is 3.85. The van der Waals surface area contributed by atoms with Crippen LogP contribution in [-0.4, -0.2) is 13.3 Å². The van der Waals surface area contributed by atoms with E-state index in [1.807, 2.05) is 6.92 Å². The molecule has 2 nitrogen and oxygen atoms in total. The normalized spacial score (nSPS) is 12.1. The molecule has 1 aromatic carbocycles. The third-order valence-electron chi connectivity index (χ3n) is 1.69. The van der Waals surface area contributed by atoms with Crippen LogP contribution in [0.15, 0.2) is 35.5 Å². The van der Waals surface area contributed by atoms with Crippen molar-refractivity contribution in [2.75, 3.05) is 7.05 Å². The topological polar surface area (TPSA) is 24.4 Å². The second-order valence-corrected chi connectivity index (χ2v) is 2.71. The van der Waals surface area contributed by atoms with Gasteiger partial charge in [0.2, 0.25) is 0 Å². The van der Waals surface area contributed by atoms with Crippen LogP contribution in [0.25, 0.3) is 5.70 Å². The van der Waals surface area contributed by atoms with Crippen LogP contribution in [-0.2, 0) is 0 Å². The lowest BCUT2D eigenvalue weighted by Gasteiger charge is -2.01. The smallest absolute Gasteiger partial charge is 0.123 e. The molecule has 1 rings (SSSR count). The largest absolute Gasteiger partial charge is 0.392 e. The molecule has 3 heteroatoms. The minimum absolute atomic E-state index is 0.238. The molecule has 74 valence electrons. The zero-order chi connectivity index (χ0) is 10.4. The molecular weight excluding hydrogens is 179 g/mol. The van der Waals surface area contributed by atoms with Crippen molar-refractivity contribution in [1.82, 2.24) is 5.32 Å². The van der Waals surface area contributed by atoms with Crippen molar-refractivity contribution in [3.05, 3.63) is 41.8 Å². The van der Waals surface area contributed by atoms with Crippen molar-refractivity contribution >= 4 is 11.9 Å². The Morgan fingerprint density at radius 2 is 2.00 bits per heavy atom. The highest BCUT2D eigenvalue weighted by atomic mass is 19.1. The number of benzene rings is 1. The van der Waals surface area contributed by atoms with Crippen LogP contribution >= 0.6 is 0 Å². The molecule has 0 aliphatic carbocycles. The van der Waals surface area contributed by atoms with Crippen LogP contribution in [0.2, 0.25) is 0 Å². The SMILES string of the molecule is CC=N/C(=C\NC)c1ccc(F)cc1. The quantitative estimate of drug-likeness (QED) is 0.731. The van der Waals surface area contributed by atoms with E-state index in [4.69, 9.17) is 0 Å². The molecule has 0 aliphatic rings. The van der Waals surface area contributed by atoms with Gasteiger partial charge in [-0.2, -0.15) is 0 Å². The van der Waals surface area contributed by atoms with Crippen molar-refractivity contribution in [3.63, 3.8) is 0 Å². The van der Waals surface area contributed by atoms with E-state index in [-0.39, 0.29) is 5.82 Å². The number of aliphatic imine (C=N–C) groups is 1. The van der Waals surface area contributed by atoms with Gasteiger partial charge >= 0.3 is 0 Å². The summed E-state index contributed by atoms with van der Waals surface area (Å²) in [6.45, 7) is 1.84. The highest BCUT2D eigenvalue weighted by molar-refractivity contribution is 5.72. The lowest BCUT2D eigenvalue weighted by Crippen LogP contribution is -1.95. The maximum absolute atomic E-state index is 12.6. The van der Waals surface area contributed by atoms with Crippen molar-refractivity contribution in [2.24, 2.45) is 4.99 Å². The molecule has 14 heavy (non-hydrogen) atoms. The monoisotopic (exact) mass is 192 g/mol. The minimum atomic E-state index is -0.238. The van der Waals surface area contributed by atoms with Gasteiger partial charge in [-0.05, 0) is 31.2 Å². The fourth-order valence-corrected chi connectivity index (χ4v) is 1.09. The standard InChI is InChI=1S/C11H13FN2/c1-3-14-11(8-13-2)9-4-6-10(12)7-5-9/h3-8,13H,1-2H3/b11-8-,14-3?. The molecule has 0 heterocycles. The van der Waals surface area contributed by atoms with Crippen LogP contribution in [0.5, 0.6) is 0 Å². The number of halogens is 1. The Morgan fingerprint density at radius 3 is 2.50 bits per heavy atom. The Labute approximate surface area is 83.2 Å². The van der Waals surface area contributed by atoms with E-state index in [0.717, 1.165) is 11.3 Å². The molecule has 0 spiro atoms. The van der Waals surface area contributed by atoms with Crippen molar-refractivity contribution in [3.8, 4) is 0 Å². The molecule has 0 saturated carbocycles. The zero-order valence-electron chi connectivity index (χ0n) is 8.29. The number of hydrogen-bond donors (Lipinski definition) is 1. The van der Waals surface area contributed by atoms with E-state index in [1.54, 1.807) is 31.6 Å². The summed E-state index contributed by atoms with van der Waals surface area (Å²) in [6, 6.07) is 6.24. The summed E-state index contributed by atoms with van der Waals surface area (Å²) in [5.74, 6) is -0.238. The number of rotatable bonds is 3. The lowest BCUT2D eigenvalue weighted by atomic mass is 10.2. The molecule has 0 bridgehead atoms. The van der Waals surface area contributed by atoms with Crippen LogP contribution in [0.1, 0.15) is 12.5 Å². The lowest BCUT2D eigenvalue weighted by molar-refractivity contribution is 0.627. The summed E-state index contributed by atoms with van der Waals surface area (Å²) in [5, 5.41) is 2.90. The fraction of sp³-hybridized carbons (Fsp3) is 0.182. The van der Waals surface area contributed by atoms with Gasteiger partial charge in [0.15, 0.2) is 0 Å². The summed E-state index contributed by atoms with van der Waals surface area (Å²) in [5.41, 5.74) is 1.67. The zero-order valence-corrected chi connectivity index (χ0v) is 8.29. The van der Waals surface area contributed by atoms with Gasteiger partial charge in [-0.3, -0.25) is 4.99 Å². The van der Waals surface area contributed by atoms with Crippen molar-refractivity contribution in [1.29, 1.82) is 0 Å². The average Bonchev–Trinajstić information content (AvgIpc) is 2.19. The number of nitrogens with zero attached hydrogens (tertiary/aromatic N) is 1. The summed E-state index contributed by atoms with van der Waals surface area (Å²) < 4.78 is 12.6. The molecule has 0 aliphatic heterocycles. The average molecular weight is 192 g/mol. The molecule has 0 radical (unpaired) electrons. The number of nitrogens with one attached hydrogen (secondary N) is 1. The van der Waals surface area contributed by atoms with E-state index >= 15 is 0 Å². The third kappa shape index (κ3) is 2.69. The Morgan fingerprint density at radius 1 is 1.36 bits per heavy atom. The molecule has 0 unspecified atom stereocenters. The molecule has 1 aromatic rings. The van der Waals surface area contributed by atoms with Crippen LogP contribution < -0.4 is 5.32 Å². The summed E-state index contributed by atoms with van der Waals surface area (Å²) in [4.78, 5) is 4.16. The van der Waals surface area contributed by atoms with Crippen LogP contribution in [0.4, 0.5) is 4.39 Å². The van der Waals surface area contributed by atoms with E-state index in [0.29, 0.717) is 0 Å². The summed E-state index contributed by atoms with van der Waals surface area (Å²) >= 11 is 0. The highest BCUT2D eigenvalue weighted by Crippen LogP contribution is 2.14. The predicted molar refractivity (Wildman–Crippen MR) is 57.6 cm³/mol. The first-order valence-electron chi connectivity index (χ1n) is 4.40. The molecule has 0 saturated heterocycles. The van der Waals surface area contributed by atoms with Crippen LogP contribution in [0, 0.1) is 5.82 Å². The van der Waals surface area contributed by atoms with E-state index < -0.39 is 0 Å². The van der Waals surface area contributed by atoms with Gasteiger partial charge < -0.3 is 5.32 Å². The van der Waals surface area contributed by atoms with Gasteiger partial charge in [-0.15, -0.1) is 0 Å². The van der Waals surface area contributed by atoms with Gasteiger partial charge in [-0.25, -0.2) is 4.39 Å². The first kappa shape index (κ1) is 10.4. The van der Waals surface area contributed by atoms with E-state index in [2.05, 4.69) is 10.3 Å². The Hall–Kier alpha value is -1.64. The summed E-state index contributed by atoms with van der Waals surface area (Å²) in [6.07, 6.45) is 3.47. The molecule has 1 N–H and O–H groups in total.